The van der Waals surface area contributed by atoms with Crippen LogP contribution in [0.1, 0.15) is 27.7 Å². The molecule has 110 valence electrons. The molecule has 1 aliphatic heterocycles. The van der Waals surface area contributed by atoms with E-state index in [4.69, 9.17) is 9.57 Å². The highest BCUT2D eigenvalue weighted by Gasteiger charge is 2.23. The van der Waals surface area contributed by atoms with Crippen molar-refractivity contribution < 1.29 is 14.4 Å². The second kappa shape index (κ2) is 5.67. The summed E-state index contributed by atoms with van der Waals surface area (Å²) >= 11 is 0. The first kappa shape index (κ1) is 13.8. The number of imidazole rings is 1. The third-order valence-corrected chi connectivity index (χ3v) is 3.65. The largest absolute Gasteiger partial charge is 0.365 e. The summed E-state index contributed by atoms with van der Waals surface area (Å²) in [5, 5.41) is 1.20. The zero-order valence-corrected chi connectivity index (χ0v) is 12.0. The number of hydrogen-bond donors (Lipinski definition) is 0. The summed E-state index contributed by atoms with van der Waals surface area (Å²) in [5.74, 6) is -0.182. The normalized spacial score (nSPS) is 17.3. The van der Waals surface area contributed by atoms with Gasteiger partial charge in [0.25, 0.3) is 5.91 Å². The van der Waals surface area contributed by atoms with E-state index in [1.807, 2.05) is 24.7 Å². The van der Waals surface area contributed by atoms with Crippen molar-refractivity contribution in [3.63, 3.8) is 0 Å². The quantitative estimate of drug-likeness (QED) is 0.805. The van der Waals surface area contributed by atoms with Crippen LogP contribution in [0.5, 0.6) is 0 Å². The molecule has 2 aromatic rings. The number of nitrogens with zero attached hydrogens (tertiary/aromatic N) is 3. The lowest BCUT2D eigenvalue weighted by Gasteiger charge is -2.25. The number of carbonyl (C=O) groups excluding carboxylic acids is 1. The fourth-order valence-electron chi connectivity index (χ4n) is 2.42. The maximum Gasteiger partial charge on any atom is 0.277 e. The Morgan fingerprint density at radius 1 is 1.43 bits per heavy atom. The molecule has 0 bridgehead atoms. The predicted octanol–water partition coefficient (Wildman–Crippen LogP) is 1.64. The molecule has 6 heteroatoms. The first-order valence-corrected chi connectivity index (χ1v) is 6.74. The summed E-state index contributed by atoms with van der Waals surface area (Å²) in [7, 11) is 3.04. The highest BCUT2D eigenvalue weighted by atomic mass is 16.7. The lowest BCUT2D eigenvalue weighted by molar-refractivity contribution is -0.0757. The smallest absolute Gasteiger partial charge is 0.277 e. The number of benzene rings is 1. The Balaban J connectivity index is 1.84. The Kier molecular flexibility index (Phi) is 3.72. The van der Waals surface area contributed by atoms with Gasteiger partial charge in [0.2, 0.25) is 0 Å². The maximum atomic E-state index is 12.0. The van der Waals surface area contributed by atoms with Crippen LogP contribution in [0, 0.1) is 0 Å². The number of amides is 1. The summed E-state index contributed by atoms with van der Waals surface area (Å²) in [5.41, 5.74) is 2.62. The van der Waals surface area contributed by atoms with Crippen LogP contribution in [0.4, 0.5) is 0 Å². The van der Waals surface area contributed by atoms with Crippen LogP contribution in [-0.4, -0.2) is 41.3 Å². The molecule has 0 aliphatic carbocycles. The third-order valence-electron chi connectivity index (χ3n) is 3.65. The van der Waals surface area contributed by atoms with E-state index in [2.05, 4.69) is 9.55 Å². The first-order chi connectivity index (χ1) is 10.2. The molecule has 0 N–H and O–H groups in total. The number of ether oxygens (including phenoxy) is 1. The van der Waals surface area contributed by atoms with E-state index in [1.165, 1.54) is 12.2 Å². The summed E-state index contributed by atoms with van der Waals surface area (Å²) in [6.45, 7) is 1.47. The van der Waals surface area contributed by atoms with Gasteiger partial charge in [-0.2, -0.15) is 0 Å². The summed E-state index contributed by atoms with van der Waals surface area (Å²) in [4.78, 5) is 21.0. The van der Waals surface area contributed by atoms with Gasteiger partial charge in [0, 0.05) is 19.2 Å². The van der Waals surface area contributed by atoms with Crippen LogP contribution >= 0.6 is 0 Å². The van der Waals surface area contributed by atoms with E-state index < -0.39 is 0 Å². The van der Waals surface area contributed by atoms with Gasteiger partial charge in [-0.15, -0.1) is 0 Å². The van der Waals surface area contributed by atoms with E-state index in [9.17, 15) is 4.79 Å². The second-order valence-corrected chi connectivity index (χ2v) is 4.87. The second-order valence-electron chi connectivity index (χ2n) is 4.87. The Hall–Kier alpha value is -2.18. The predicted molar refractivity (Wildman–Crippen MR) is 75.6 cm³/mol. The number of fused-ring (bicyclic) bond motifs is 1. The number of rotatable bonds is 3. The number of hydrogen-bond acceptors (Lipinski definition) is 4. The number of hydroxylamine groups is 2. The lowest BCUT2D eigenvalue weighted by atomic mass is 10.0. The molecule has 0 spiro atoms. The fraction of sp³-hybridized carbons (Fsp3) is 0.333. The van der Waals surface area contributed by atoms with E-state index in [0.29, 0.717) is 12.2 Å². The lowest BCUT2D eigenvalue weighted by Crippen LogP contribution is -2.25. The standard InChI is InChI=1S/C15H17N3O3/c1-17(20-2)15(19)12-5-3-11(4-6-12)14-13-9-16-10-18(13)7-8-21-14/h3-6,9-10,14H,7-8H2,1-2H3. The average Bonchev–Trinajstić information content (AvgIpc) is 3.02. The van der Waals surface area contributed by atoms with Gasteiger partial charge in [-0.3, -0.25) is 9.63 Å². The van der Waals surface area contributed by atoms with Crippen molar-refractivity contribution in [2.75, 3.05) is 20.8 Å². The van der Waals surface area contributed by atoms with Gasteiger partial charge in [-0.05, 0) is 17.7 Å². The van der Waals surface area contributed by atoms with Crippen LogP contribution in [0.25, 0.3) is 0 Å². The zero-order chi connectivity index (χ0) is 14.8. The van der Waals surface area contributed by atoms with E-state index in [-0.39, 0.29) is 12.0 Å². The summed E-state index contributed by atoms with van der Waals surface area (Å²) < 4.78 is 7.93. The van der Waals surface area contributed by atoms with E-state index in [0.717, 1.165) is 17.8 Å². The number of carbonyl (C=O) groups is 1. The fourth-order valence-corrected chi connectivity index (χ4v) is 2.42. The summed E-state index contributed by atoms with van der Waals surface area (Å²) in [6, 6.07) is 7.38. The molecule has 0 radical (unpaired) electrons. The van der Waals surface area contributed by atoms with E-state index >= 15 is 0 Å². The van der Waals surface area contributed by atoms with Gasteiger partial charge in [0.05, 0.1) is 31.9 Å². The SMILES string of the molecule is CON(C)C(=O)c1ccc(C2OCCn3cncc32)cc1. The van der Waals surface area contributed by atoms with Crippen molar-refractivity contribution in [2.45, 2.75) is 12.6 Å². The molecule has 2 heterocycles. The Bertz CT molecular complexity index is 636. The van der Waals surface area contributed by atoms with Crippen molar-refractivity contribution in [1.82, 2.24) is 14.6 Å². The first-order valence-electron chi connectivity index (χ1n) is 6.74. The molecule has 0 saturated carbocycles. The Morgan fingerprint density at radius 3 is 2.90 bits per heavy atom. The van der Waals surface area contributed by atoms with Crippen molar-refractivity contribution in [3.05, 3.63) is 53.6 Å². The molecular weight excluding hydrogens is 270 g/mol. The van der Waals surface area contributed by atoms with Crippen molar-refractivity contribution in [1.29, 1.82) is 0 Å². The molecule has 1 amide bonds. The Labute approximate surface area is 122 Å². The zero-order valence-electron chi connectivity index (χ0n) is 12.0. The topological polar surface area (TPSA) is 56.6 Å². The Morgan fingerprint density at radius 2 is 2.19 bits per heavy atom. The molecular formula is C15H17N3O3. The molecule has 21 heavy (non-hydrogen) atoms. The minimum atomic E-state index is -0.182. The van der Waals surface area contributed by atoms with Gasteiger partial charge in [-0.1, -0.05) is 12.1 Å². The van der Waals surface area contributed by atoms with Crippen molar-refractivity contribution in [3.8, 4) is 0 Å². The molecule has 1 atom stereocenters. The summed E-state index contributed by atoms with van der Waals surface area (Å²) in [6.07, 6.45) is 3.50. The van der Waals surface area contributed by atoms with Gasteiger partial charge < -0.3 is 9.30 Å². The molecule has 1 unspecified atom stereocenters. The molecule has 0 fully saturated rings. The molecule has 1 aromatic heterocycles. The van der Waals surface area contributed by atoms with Crippen LogP contribution < -0.4 is 0 Å². The molecule has 1 aliphatic rings. The third kappa shape index (κ3) is 2.55. The van der Waals surface area contributed by atoms with Crippen LogP contribution in [0.2, 0.25) is 0 Å². The molecule has 3 rings (SSSR count). The molecule has 1 aromatic carbocycles. The van der Waals surface area contributed by atoms with Crippen molar-refractivity contribution >= 4 is 5.91 Å². The van der Waals surface area contributed by atoms with Crippen molar-refractivity contribution in [2.24, 2.45) is 0 Å². The minimum Gasteiger partial charge on any atom is -0.365 e. The highest BCUT2D eigenvalue weighted by molar-refractivity contribution is 5.93. The average molecular weight is 287 g/mol. The van der Waals surface area contributed by atoms with Crippen LogP contribution in [0.3, 0.4) is 0 Å². The van der Waals surface area contributed by atoms with Crippen LogP contribution in [-0.2, 0) is 16.1 Å². The molecule has 6 nitrogen and oxygen atoms in total. The van der Waals surface area contributed by atoms with Gasteiger partial charge in [-0.25, -0.2) is 10.0 Å². The van der Waals surface area contributed by atoms with Gasteiger partial charge in [0.15, 0.2) is 0 Å². The van der Waals surface area contributed by atoms with Gasteiger partial charge in [0.1, 0.15) is 6.10 Å². The maximum absolute atomic E-state index is 12.0. The van der Waals surface area contributed by atoms with E-state index in [1.54, 1.807) is 19.2 Å². The number of aromatic nitrogens is 2. The molecule has 0 saturated heterocycles. The van der Waals surface area contributed by atoms with Crippen LogP contribution in [0.15, 0.2) is 36.8 Å². The highest BCUT2D eigenvalue weighted by Crippen LogP contribution is 2.29. The minimum absolute atomic E-state index is 0.134. The van der Waals surface area contributed by atoms with Gasteiger partial charge >= 0.3 is 0 Å². The monoisotopic (exact) mass is 287 g/mol.